The van der Waals surface area contributed by atoms with E-state index in [0.717, 1.165) is 0 Å². The molecule has 4 bridgehead atoms. The Kier molecular flexibility index (Phi) is 6.05. The third-order valence-corrected chi connectivity index (χ3v) is 8.24. The number of fused-ring (bicyclic) bond motifs is 1. The van der Waals surface area contributed by atoms with E-state index >= 15 is 0 Å². The summed E-state index contributed by atoms with van der Waals surface area (Å²) in [4.78, 5) is 25.8. The zero-order valence-corrected chi connectivity index (χ0v) is 19.4. The minimum absolute atomic E-state index is 0.00330. The number of ether oxygens (including phenoxy) is 5. The van der Waals surface area contributed by atoms with Gasteiger partial charge in [-0.3, -0.25) is 4.79 Å². The topological polar surface area (TPSA) is 161 Å². The number of Topliss-reactive ketones (excluding diaryl/α,β-unsaturated/α-hetero) is 1. The number of hydrogen-bond donors (Lipinski definition) is 4. The Hall–Kier alpha value is -1.96. The molecule has 0 radical (unpaired) electrons. The predicted molar refractivity (Wildman–Crippen MR) is 115 cm³/mol. The maximum absolute atomic E-state index is 13.1. The molecule has 0 aromatic heterocycles. The van der Waals surface area contributed by atoms with Crippen molar-refractivity contribution in [2.24, 2.45) is 11.3 Å². The Morgan fingerprint density at radius 3 is 2.51 bits per heavy atom. The van der Waals surface area contributed by atoms with Crippen molar-refractivity contribution in [1.82, 2.24) is 0 Å². The molecule has 0 spiro atoms. The summed E-state index contributed by atoms with van der Waals surface area (Å²) >= 11 is 0. The zero-order valence-electron chi connectivity index (χ0n) is 19.4. The first-order chi connectivity index (χ1) is 16.6. The van der Waals surface area contributed by atoms with Crippen LogP contribution in [0.3, 0.4) is 0 Å². The number of carbonyl (C=O) groups is 2. The minimum Gasteiger partial charge on any atom is -0.461 e. The van der Waals surface area contributed by atoms with Crippen LogP contribution in [0.25, 0.3) is 0 Å². The van der Waals surface area contributed by atoms with E-state index in [-0.39, 0.29) is 25.2 Å². The first-order valence-corrected chi connectivity index (χ1v) is 11.6. The van der Waals surface area contributed by atoms with Crippen molar-refractivity contribution in [3.8, 4) is 0 Å². The normalized spacial score (nSPS) is 46.2. The molecule has 1 aromatic carbocycles. The quantitative estimate of drug-likeness (QED) is 0.349. The Morgan fingerprint density at radius 1 is 1.14 bits per heavy atom. The molecule has 0 amide bonds. The Balaban J connectivity index is 1.49. The monoisotopic (exact) mass is 494 g/mol. The fourth-order valence-electron chi connectivity index (χ4n) is 6.38. The molecule has 2 saturated heterocycles. The summed E-state index contributed by atoms with van der Waals surface area (Å²) in [5, 5.41) is 40.6. The number of rotatable bonds is 7. The second-order valence-electron chi connectivity index (χ2n) is 9.94. The van der Waals surface area contributed by atoms with Crippen LogP contribution in [0, 0.1) is 11.3 Å². The van der Waals surface area contributed by atoms with Crippen molar-refractivity contribution in [3.63, 3.8) is 0 Å². The highest BCUT2D eigenvalue weighted by molar-refractivity contribution is 5.90. The number of hydrogen-bond acceptors (Lipinski definition) is 11. The molecule has 4 N–H and O–H groups in total. The molecule has 192 valence electrons. The highest BCUT2D eigenvalue weighted by Gasteiger charge is 2.87. The van der Waals surface area contributed by atoms with E-state index in [1.807, 2.05) is 0 Å². The van der Waals surface area contributed by atoms with Crippen LogP contribution < -0.4 is 0 Å². The third-order valence-electron chi connectivity index (χ3n) is 8.24. The van der Waals surface area contributed by atoms with Crippen molar-refractivity contribution >= 4 is 11.8 Å². The van der Waals surface area contributed by atoms with E-state index in [1.165, 1.54) is 7.11 Å². The summed E-state index contributed by atoms with van der Waals surface area (Å²) in [5.74, 6) is -1.28. The Bertz CT molecular complexity index is 985. The van der Waals surface area contributed by atoms with Crippen molar-refractivity contribution in [1.29, 1.82) is 0 Å². The summed E-state index contributed by atoms with van der Waals surface area (Å²) in [6, 6.07) is 8.39. The SMILES string of the molecule is CO[C@H]1O[C@@]2(C)CC(=O)[C@H]3C[C@@]2(O[C@@H]2O[C@H](CO)[C@@H](O)[C@H](O)[C@H]2O)[C@]13COC(=O)c1ccccc1. The summed E-state index contributed by atoms with van der Waals surface area (Å²) < 4.78 is 29.5. The fraction of sp³-hybridized carbons (Fsp3) is 0.667. The Labute approximate surface area is 201 Å². The van der Waals surface area contributed by atoms with Crippen molar-refractivity contribution in [2.45, 2.75) is 68.0 Å². The van der Waals surface area contributed by atoms with Crippen LogP contribution in [0.15, 0.2) is 30.3 Å². The fourth-order valence-corrected chi connectivity index (χ4v) is 6.38. The lowest BCUT2D eigenvalue weighted by Crippen LogP contribution is -2.80. The molecule has 10 atom stereocenters. The van der Waals surface area contributed by atoms with Gasteiger partial charge in [-0.2, -0.15) is 0 Å². The summed E-state index contributed by atoms with van der Waals surface area (Å²) in [5.41, 5.74) is -3.41. The molecule has 5 fully saturated rings. The van der Waals surface area contributed by atoms with E-state index in [9.17, 15) is 30.0 Å². The second-order valence-corrected chi connectivity index (χ2v) is 9.94. The molecular formula is C24H30O11. The van der Waals surface area contributed by atoms with Crippen LogP contribution in [0.4, 0.5) is 0 Å². The molecule has 2 heterocycles. The van der Waals surface area contributed by atoms with Crippen LogP contribution in [0.5, 0.6) is 0 Å². The van der Waals surface area contributed by atoms with Gasteiger partial charge in [0.1, 0.15) is 48.0 Å². The lowest BCUT2D eigenvalue weighted by molar-refractivity contribution is -0.381. The maximum Gasteiger partial charge on any atom is 0.338 e. The van der Waals surface area contributed by atoms with Crippen molar-refractivity contribution in [3.05, 3.63) is 35.9 Å². The van der Waals surface area contributed by atoms with E-state index < -0.39 is 72.1 Å². The number of ketones is 1. The van der Waals surface area contributed by atoms with Gasteiger partial charge in [-0.25, -0.2) is 4.79 Å². The number of aliphatic hydroxyl groups is 4. The highest BCUT2D eigenvalue weighted by atomic mass is 16.8. The van der Waals surface area contributed by atoms with Gasteiger partial charge in [0.05, 0.1) is 17.6 Å². The van der Waals surface area contributed by atoms with Gasteiger partial charge in [0.15, 0.2) is 12.6 Å². The average molecular weight is 494 g/mol. The van der Waals surface area contributed by atoms with Crippen molar-refractivity contribution in [2.75, 3.05) is 20.3 Å². The lowest BCUT2D eigenvalue weighted by Gasteiger charge is -2.66. The predicted octanol–water partition coefficient (Wildman–Crippen LogP) is -0.861. The second kappa shape index (κ2) is 8.56. The van der Waals surface area contributed by atoms with Crippen LogP contribution in [-0.2, 0) is 28.5 Å². The molecule has 11 nitrogen and oxygen atoms in total. The van der Waals surface area contributed by atoms with Gasteiger partial charge in [-0.05, 0) is 25.5 Å². The van der Waals surface area contributed by atoms with Gasteiger partial charge in [-0.1, -0.05) is 18.2 Å². The van der Waals surface area contributed by atoms with E-state index in [1.54, 1.807) is 37.3 Å². The first-order valence-electron chi connectivity index (χ1n) is 11.6. The molecule has 5 aliphatic rings. The largest absolute Gasteiger partial charge is 0.461 e. The van der Waals surface area contributed by atoms with Gasteiger partial charge < -0.3 is 44.1 Å². The van der Waals surface area contributed by atoms with E-state index in [4.69, 9.17) is 23.7 Å². The number of methoxy groups -OCH3 is 1. The van der Waals surface area contributed by atoms with E-state index in [0.29, 0.717) is 5.56 Å². The van der Waals surface area contributed by atoms with Crippen LogP contribution in [-0.4, -0.2) is 101 Å². The van der Waals surface area contributed by atoms with Gasteiger partial charge in [0.25, 0.3) is 0 Å². The smallest absolute Gasteiger partial charge is 0.338 e. The maximum atomic E-state index is 13.1. The first kappa shape index (κ1) is 24.7. The third kappa shape index (κ3) is 3.27. The van der Waals surface area contributed by atoms with Crippen LogP contribution in [0.2, 0.25) is 0 Å². The lowest BCUT2D eigenvalue weighted by atomic mass is 9.41. The highest BCUT2D eigenvalue weighted by Crippen LogP contribution is 2.74. The molecule has 6 rings (SSSR count). The molecule has 35 heavy (non-hydrogen) atoms. The van der Waals surface area contributed by atoms with Gasteiger partial charge >= 0.3 is 5.97 Å². The number of benzene rings is 1. The van der Waals surface area contributed by atoms with Gasteiger partial charge in [-0.15, -0.1) is 0 Å². The molecule has 2 aliphatic heterocycles. The minimum atomic E-state index is -1.65. The van der Waals surface area contributed by atoms with Gasteiger partial charge in [0.2, 0.25) is 0 Å². The molecule has 1 aromatic rings. The molecule has 3 saturated carbocycles. The zero-order chi connectivity index (χ0) is 25.2. The molecular weight excluding hydrogens is 464 g/mol. The van der Waals surface area contributed by atoms with E-state index in [2.05, 4.69) is 0 Å². The van der Waals surface area contributed by atoms with Gasteiger partial charge in [0, 0.05) is 19.4 Å². The molecule has 0 unspecified atom stereocenters. The summed E-state index contributed by atoms with van der Waals surface area (Å²) in [6.07, 6.45) is -8.23. The van der Waals surface area contributed by atoms with Crippen LogP contribution in [0.1, 0.15) is 30.1 Å². The molecule has 3 aliphatic carbocycles. The summed E-state index contributed by atoms with van der Waals surface area (Å²) in [7, 11) is 1.42. The van der Waals surface area contributed by atoms with Crippen LogP contribution >= 0.6 is 0 Å². The Morgan fingerprint density at radius 2 is 1.86 bits per heavy atom. The van der Waals surface area contributed by atoms with Crippen molar-refractivity contribution < 1.29 is 53.7 Å². The number of carbonyl (C=O) groups excluding carboxylic acids is 2. The number of esters is 1. The standard InChI is InChI=1S/C24H30O11/c1-22-9-14(26)13-8-24(22,34-20-18(29)17(28)16(27)15(10-25)33-20)23(13,21(31-2)35-22)11-32-19(30)12-6-4-3-5-7-12/h3-7,13,15-18,20-21,25,27-29H,8-11H2,1-2H3/t13-,15-,16-,17+,18-,20+,21+,22+,23+,24+/m1/s1. The molecule has 11 heteroatoms. The number of aliphatic hydroxyl groups excluding tert-OH is 4. The summed E-state index contributed by atoms with van der Waals surface area (Å²) in [6.45, 7) is 0.812. The average Bonchev–Trinajstić information content (AvgIpc) is 2.93.